The number of aromatic nitrogens is 2. The number of esters is 1. The van der Waals surface area contributed by atoms with Crippen LogP contribution in [-0.4, -0.2) is 33.5 Å². The van der Waals surface area contributed by atoms with E-state index >= 15 is 0 Å². The molecule has 146 valence electrons. The van der Waals surface area contributed by atoms with Gasteiger partial charge in [-0.05, 0) is 19.9 Å². The van der Waals surface area contributed by atoms with E-state index in [-0.39, 0.29) is 19.4 Å². The molecule has 1 aliphatic rings. The number of hydrogen-bond acceptors (Lipinski definition) is 6. The number of aliphatic hydroxyl groups excluding tert-OH is 1. The van der Waals surface area contributed by atoms with Gasteiger partial charge in [0.1, 0.15) is 17.5 Å². The zero-order valence-corrected chi connectivity index (χ0v) is 16.2. The summed E-state index contributed by atoms with van der Waals surface area (Å²) < 4.78 is 13.3. The molecule has 1 aromatic carbocycles. The SMILES string of the molecule is CCOC(=O)c1c2c(c3c(-c4cccnc4)cn(C)c3c1CO)CNC(C)O2. The average Bonchev–Trinajstić information content (AvgIpc) is 3.05. The molecule has 0 aliphatic carbocycles. The summed E-state index contributed by atoms with van der Waals surface area (Å²) in [4.78, 5) is 17.0. The van der Waals surface area contributed by atoms with Crippen LogP contribution >= 0.6 is 0 Å². The number of fused-ring (bicyclic) bond motifs is 3. The first kappa shape index (κ1) is 18.5. The molecule has 1 aliphatic heterocycles. The number of carbonyl (C=O) groups is 1. The molecular weight excluding hydrogens is 358 g/mol. The van der Waals surface area contributed by atoms with Crippen molar-refractivity contribution in [2.24, 2.45) is 7.05 Å². The van der Waals surface area contributed by atoms with Crippen LogP contribution in [0.3, 0.4) is 0 Å². The minimum atomic E-state index is -0.483. The van der Waals surface area contributed by atoms with E-state index in [0.717, 1.165) is 27.6 Å². The number of ether oxygens (including phenoxy) is 2. The van der Waals surface area contributed by atoms with Crippen LogP contribution in [0.4, 0.5) is 0 Å². The number of aliphatic hydroxyl groups is 1. The summed E-state index contributed by atoms with van der Waals surface area (Å²) in [7, 11) is 1.91. The second kappa shape index (κ2) is 7.26. The molecule has 3 heterocycles. The van der Waals surface area contributed by atoms with Crippen LogP contribution in [0.5, 0.6) is 5.75 Å². The first-order chi connectivity index (χ1) is 13.6. The molecule has 1 unspecified atom stereocenters. The highest BCUT2D eigenvalue weighted by Gasteiger charge is 2.32. The van der Waals surface area contributed by atoms with Gasteiger partial charge in [0.15, 0.2) is 0 Å². The van der Waals surface area contributed by atoms with Gasteiger partial charge < -0.3 is 19.1 Å². The number of nitrogens with one attached hydrogen (secondary N) is 1. The van der Waals surface area contributed by atoms with Crippen LogP contribution in [0, 0.1) is 0 Å². The Kier molecular flexibility index (Phi) is 4.78. The maximum atomic E-state index is 12.8. The molecule has 7 nitrogen and oxygen atoms in total. The normalized spacial score (nSPS) is 15.9. The Hall–Kier alpha value is -2.90. The molecule has 7 heteroatoms. The van der Waals surface area contributed by atoms with Crippen molar-refractivity contribution in [1.82, 2.24) is 14.9 Å². The van der Waals surface area contributed by atoms with Gasteiger partial charge in [0.2, 0.25) is 0 Å². The van der Waals surface area contributed by atoms with E-state index in [9.17, 15) is 9.90 Å². The summed E-state index contributed by atoms with van der Waals surface area (Å²) in [5, 5.41) is 14.4. The highest BCUT2D eigenvalue weighted by molar-refractivity contribution is 6.08. The predicted molar refractivity (Wildman–Crippen MR) is 105 cm³/mol. The summed E-state index contributed by atoms with van der Waals surface area (Å²) in [6, 6.07) is 3.88. The van der Waals surface area contributed by atoms with Gasteiger partial charge in [0.25, 0.3) is 0 Å². The molecule has 0 spiro atoms. The van der Waals surface area contributed by atoms with E-state index in [4.69, 9.17) is 9.47 Å². The molecule has 3 aromatic rings. The zero-order valence-electron chi connectivity index (χ0n) is 16.2. The van der Waals surface area contributed by atoms with Gasteiger partial charge in [0, 0.05) is 59.8 Å². The molecular formula is C21H23N3O4. The Labute approximate surface area is 162 Å². The van der Waals surface area contributed by atoms with Crippen LogP contribution in [0.25, 0.3) is 22.0 Å². The van der Waals surface area contributed by atoms with E-state index in [1.54, 1.807) is 19.3 Å². The molecule has 0 bridgehead atoms. The second-order valence-electron chi connectivity index (χ2n) is 6.80. The van der Waals surface area contributed by atoms with Crippen molar-refractivity contribution < 1.29 is 19.4 Å². The van der Waals surface area contributed by atoms with Crippen molar-refractivity contribution in [3.63, 3.8) is 0 Å². The Bertz CT molecular complexity index is 1040. The maximum Gasteiger partial charge on any atom is 0.342 e. The van der Waals surface area contributed by atoms with E-state index < -0.39 is 5.97 Å². The second-order valence-corrected chi connectivity index (χ2v) is 6.80. The van der Waals surface area contributed by atoms with Crippen molar-refractivity contribution in [2.45, 2.75) is 33.2 Å². The van der Waals surface area contributed by atoms with Gasteiger partial charge >= 0.3 is 5.97 Å². The fourth-order valence-corrected chi connectivity index (χ4v) is 3.89. The summed E-state index contributed by atoms with van der Waals surface area (Å²) >= 11 is 0. The van der Waals surface area contributed by atoms with Crippen molar-refractivity contribution in [3.05, 3.63) is 47.4 Å². The first-order valence-corrected chi connectivity index (χ1v) is 9.31. The number of carbonyl (C=O) groups excluding carboxylic acids is 1. The quantitative estimate of drug-likeness (QED) is 0.676. The predicted octanol–water partition coefficient (Wildman–Crippen LogP) is 2.74. The number of nitrogens with zero attached hydrogens (tertiary/aromatic N) is 2. The highest BCUT2D eigenvalue weighted by atomic mass is 16.5. The Morgan fingerprint density at radius 1 is 1.50 bits per heavy atom. The van der Waals surface area contributed by atoms with Gasteiger partial charge in [0.05, 0.1) is 18.7 Å². The van der Waals surface area contributed by atoms with Crippen molar-refractivity contribution in [1.29, 1.82) is 0 Å². The lowest BCUT2D eigenvalue weighted by Crippen LogP contribution is -2.36. The lowest BCUT2D eigenvalue weighted by Gasteiger charge is -2.28. The Morgan fingerprint density at radius 2 is 2.32 bits per heavy atom. The fourth-order valence-electron chi connectivity index (χ4n) is 3.89. The largest absolute Gasteiger partial charge is 0.474 e. The Balaban J connectivity index is 2.11. The average molecular weight is 381 g/mol. The van der Waals surface area contributed by atoms with E-state index in [2.05, 4.69) is 10.3 Å². The molecule has 4 rings (SSSR count). The summed E-state index contributed by atoms with van der Waals surface area (Å²) in [6.07, 6.45) is 5.27. The molecule has 0 amide bonds. The van der Waals surface area contributed by atoms with Gasteiger partial charge in [-0.3, -0.25) is 10.3 Å². The third-order valence-electron chi connectivity index (χ3n) is 5.04. The van der Waals surface area contributed by atoms with E-state index in [1.165, 1.54) is 0 Å². The van der Waals surface area contributed by atoms with Gasteiger partial charge in [-0.1, -0.05) is 6.07 Å². The van der Waals surface area contributed by atoms with Crippen molar-refractivity contribution >= 4 is 16.9 Å². The van der Waals surface area contributed by atoms with Crippen molar-refractivity contribution in [2.75, 3.05) is 6.61 Å². The summed E-state index contributed by atoms with van der Waals surface area (Å²) in [5.74, 6) is 0.000480. The molecule has 2 aromatic heterocycles. The molecule has 28 heavy (non-hydrogen) atoms. The topological polar surface area (TPSA) is 85.6 Å². The van der Waals surface area contributed by atoms with E-state index in [1.807, 2.05) is 36.9 Å². The van der Waals surface area contributed by atoms with Crippen LogP contribution in [-0.2, 0) is 24.9 Å². The smallest absolute Gasteiger partial charge is 0.342 e. The minimum Gasteiger partial charge on any atom is -0.474 e. The number of hydrogen-bond donors (Lipinski definition) is 2. The minimum absolute atomic E-state index is 0.248. The van der Waals surface area contributed by atoms with Crippen LogP contribution in [0.15, 0.2) is 30.7 Å². The lowest BCUT2D eigenvalue weighted by atomic mass is 9.93. The molecule has 0 saturated heterocycles. The van der Waals surface area contributed by atoms with Crippen LogP contribution in [0.1, 0.15) is 35.3 Å². The molecule has 0 saturated carbocycles. The number of aryl methyl sites for hydroxylation is 1. The highest BCUT2D eigenvalue weighted by Crippen LogP contribution is 2.43. The lowest BCUT2D eigenvalue weighted by molar-refractivity contribution is 0.0511. The fraction of sp³-hybridized carbons (Fsp3) is 0.333. The number of benzene rings is 1. The number of rotatable bonds is 4. The number of pyridine rings is 1. The zero-order chi connectivity index (χ0) is 19.8. The van der Waals surface area contributed by atoms with E-state index in [0.29, 0.717) is 23.4 Å². The van der Waals surface area contributed by atoms with Gasteiger partial charge in [-0.15, -0.1) is 0 Å². The Morgan fingerprint density at radius 3 is 3.00 bits per heavy atom. The molecule has 0 radical (unpaired) electrons. The monoisotopic (exact) mass is 381 g/mol. The molecule has 2 N–H and O–H groups in total. The van der Waals surface area contributed by atoms with Crippen LogP contribution < -0.4 is 10.1 Å². The van der Waals surface area contributed by atoms with Crippen molar-refractivity contribution in [3.8, 4) is 16.9 Å². The van der Waals surface area contributed by atoms with Crippen LogP contribution in [0.2, 0.25) is 0 Å². The van der Waals surface area contributed by atoms with Gasteiger partial charge in [-0.25, -0.2) is 4.79 Å². The third kappa shape index (κ3) is 2.83. The third-order valence-corrected chi connectivity index (χ3v) is 5.04. The summed E-state index contributed by atoms with van der Waals surface area (Å²) in [6.45, 7) is 4.14. The first-order valence-electron chi connectivity index (χ1n) is 9.31. The standard InChI is InChI=1S/C21H23N3O4/c1-4-27-21(26)18-16(11-25)19-17(14-9-23-12(2)28-20(14)18)15(10-24(19)3)13-6-5-7-22-8-13/h5-8,10,12,23,25H,4,9,11H2,1-3H3. The molecule has 0 fully saturated rings. The van der Waals surface area contributed by atoms with Gasteiger partial charge in [-0.2, -0.15) is 0 Å². The summed E-state index contributed by atoms with van der Waals surface area (Å²) in [5.41, 5.74) is 4.43. The molecule has 1 atom stereocenters. The maximum absolute atomic E-state index is 12.8.